The van der Waals surface area contributed by atoms with Crippen LogP contribution in [0.3, 0.4) is 0 Å². The quantitative estimate of drug-likeness (QED) is 0.116. The van der Waals surface area contributed by atoms with Gasteiger partial charge in [-0.25, -0.2) is 34.9 Å². The van der Waals surface area contributed by atoms with Crippen molar-refractivity contribution >= 4 is 114 Å². The standard InChI is InChI=1S/2C33H21BrN4.C32H20BrN5/c34-25-16-17-27-31(20-25)38(30-15-8-18-35-32(27)30)26-14-7-13-24(19-26)29-21-28(22-9-3-1-4-10-22)36-33(37-29)23-11-5-2-6-12-23;34-25-16-17-27-31(20-25)38(30-15-8-18-35-32(27)30)26-14-7-13-24(19-26)33-36-28(22-9-3-1-4-10-22)21-29(37-33)23-11-5-2-6-12-23;33-24-16-17-26-28(20-24)38(27-15-8-18-34-29(26)27)25-14-7-13-23(19-25)32-36-30(21-9-3-1-4-10-21)35-31(37-32)22-11-5-2-6-12-22/h2*1-21H;1-20H. The first-order valence-electron chi connectivity index (χ1n) is 37.1. The number of hydrogen-bond acceptors (Lipinski definition) is 10. The minimum absolute atomic E-state index is 0.625. The Bertz CT molecular complexity index is 6290. The predicted molar refractivity (Wildman–Crippen MR) is 472 cm³/mol. The minimum atomic E-state index is 0.625. The smallest absolute Gasteiger partial charge is 0.164 e. The highest BCUT2D eigenvalue weighted by Crippen LogP contribution is 2.40. The fourth-order valence-electron chi connectivity index (χ4n) is 14.7. The Morgan fingerprint density at radius 1 is 0.184 bits per heavy atom. The van der Waals surface area contributed by atoms with E-state index < -0.39 is 0 Å². The third kappa shape index (κ3) is 14.1. The summed E-state index contributed by atoms with van der Waals surface area (Å²) in [5.41, 5.74) is 25.0. The molecule has 13 nitrogen and oxygen atoms in total. The number of hydrogen-bond donors (Lipinski definition) is 0. The maximum atomic E-state index is 5.02. The van der Waals surface area contributed by atoms with Gasteiger partial charge in [0.1, 0.15) is 0 Å². The summed E-state index contributed by atoms with van der Waals surface area (Å²) in [5.74, 6) is 3.30. The number of benzene rings is 12. The van der Waals surface area contributed by atoms with Crippen LogP contribution in [0.4, 0.5) is 0 Å². The van der Waals surface area contributed by atoms with Gasteiger partial charge in [0.05, 0.1) is 72.4 Å². The van der Waals surface area contributed by atoms with Crippen molar-refractivity contribution in [2.24, 2.45) is 0 Å². The van der Waals surface area contributed by atoms with E-state index in [2.05, 4.69) is 248 Å². The number of rotatable bonds is 12. The van der Waals surface area contributed by atoms with E-state index in [0.29, 0.717) is 29.1 Å². The lowest BCUT2D eigenvalue weighted by Gasteiger charge is -2.12. The van der Waals surface area contributed by atoms with Gasteiger partial charge in [0.15, 0.2) is 29.1 Å². The van der Waals surface area contributed by atoms with E-state index in [4.69, 9.17) is 44.9 Å². The van der Waals surface area contributed by atoms with Crippen LogP contribution in [0.5, 0.6) is 0 Å². The zero-order valence-electron chi connectivity index (χ0n) is 60.7. The Balaban J connectivity index is 0.000000115. The first-order chi connectivity index (χ1) is 56.2. The molecule has 0 fully saturated rings. The van der Waals surface area contributed by atoms with E-state index in [-0.39, 0.29) is 0 Å². The first kappa shape index (κ1) is 70.5. The molecule has 114 heavy (non-hydrogen) atoms. The molecule has 16 heteroatoms. The summed E-state index contributed by atoms with van der Waals surface area (Å²) in [6, 6.07) is 122. The number of fused-ring (bicyclic) bond motifs is 9. The number of nitrogens with zero attached hydrogens (tertiary/aromatic N) is 13. The largest absolute Gasteiger partial charge is 0.308 e. The zero-order chi connectivity index (χ0) is 76.4. The average Bonchev–Trinajstić information content (AvgIpc) is 1.53. The molecule has 0 amide bonds. The van der Waals surface area contributed by atoms with Crippen LogP contribution in [0.1, 0.15) is 0 Å². The molecule has 0 unspecified atom stereocenters. The SMILES string of the molecule is Brc1ccc2c3ncccc3n(-c3cccc(-c4cc(-c5ccccc5)nc(-c5ccccc5)n4)c3)c2c1.Brc1ccc2c3ncccc3n(-c3cccc(-c4nc(-c5ccccc5)cc(-c5ccccc5)n4)c3)c2c1.Brc1ccc2c3ncccc3n(-c3cccc(-c4nc(-c5ccccc5)nc(-c5ccccc5)n4)c3)c2c1. The molecule has 0 aliphatic rings. The molecule has 9 aromatic heterocycles. The van der Waals surface area contributed by atoms with E-state index in [9.17, 15) is 0 Å². The lowest BCUT2D eigenvalue weighted by molar-refractivity contribution is 1.07. The highest BCUT2D eigenvalue weighted by atomic mass is 79.9. The van der Waals surface area contributed by atoms with Gasteiger partial charge in [-0.15, -0.1) is 0 Å². The molecule has 0 aliphatic heterocycles. The minimum Gasteiger partial charge on any atom is -0.308 e. The molecule has 0 saturated carbocycles. The molecule has 0 atom stereocenters. The second kappa shape index (κ2) is 31.1. The van der Waals surface area contributed by atoms with E-state index in [1.165, 1.54) is 0 Å². The van der Waals surface area contributed by atoms with E-state index >= 15 is 0 Å². The summed E-state index contributed by atoms with van der Waals surface area (Å²) in [6.45, 7) is 0. The van der Waals surface area contributed by atoms with Gasteiger partial charge in [-0.05, 0) is 140 Å². The molecular formula is C98H62Br3N13. The second-order valence-corrected chi connectivity index (χ2v) is 29.9. The summed E-state index contributed by atoms with van der Waals surface area (Å²) in [7, 11) is 0. The first-order valence-corrected chi connectivity index (χ1v) is 39.4. The van der Waals surface area contributed by atoms with Gasteiger partial charge in [-0.1, -0.05) is 266 Å². The maximum Gasteiger partial charge on any atom is 0.164 e. The number of aromatic nitrogens is 13. The monoisotopic (exact) mass is 1660 g/mol. The van der Waals surface area contributed by atoms with Gasteiger partial charge in [-0.2, -0.15) is 0 Å². The zero-order valence-corrected chi connectivity index (χ0v) is 65.5. The Kier molecular flexibility index (Phi) is 19.2. The van der Waals surface area contributed by atoms with Crippen molar-refractivity contribution in [1.29, 1.82) is 0 Å². The molecule has 0 bridgehead atoms. The normalized spacial score (nSPS) is 11.3. The van der Waals surface area contributed by atoms with Crippen molar-refractivity contribution in [1.82, 2.24) is 63.5 Å². The fraction of sp³-hybridized carbons (Fsp3) is 0. The van der Waals surface area contributed by atoms with Crippen molar-refractivity contribution in [2.45, 2.75) is 0 Å². The molecule has 9 heterocycles. The predicted octanol–water partition coefficient (Wildman–Crippen LogP) is 25.6. The van der Waals surface area contributed by atoms with Crippen LogP contribution < -0.4 is 0 Å². The average molecular weight is 1660 g/mol. The molecule has 540 valence electrons. The van der Waals surface area contributed by atoms with E-state index in [1.54, 1.807) is 0 Å². The summed E-state index contributed by atoms with van der Waals surface area (Å²) in [4.78, 5) is 48.7. The third-order valence-corrected chi connectivity index (χ3v) is 21.4. The second-order valence-electron chi connectivity index (χ2n) is 27.2. The van der Waals surface area contributed by atoms with Gasteiger partial charge in [0, 0.05) is 115 Å². The Morgan fingerprint density at radius 2 is 0.439 bits per heavy atom. The molecule has 0 saturated heterocycles. The maximum absolute atomic E-state index is 5.02. The molecule has 21 rings (SSSR count). The molecule has 12 aromatic carbocycles. The molecule has 0 aliphatic carbocycles. The van der Waals surface area contributed by atoms with Crippen LogP contribution in [-0.2, 0) is 0 Å². The number of halogens is 3. The molecule has 0 spiro atoms. The molecule has 0 radical (unpaired) electrons. The van der Waals surface area contributed by atoms with Gasteiger partial charge in [0.25, 0.3) is 0 Å². The van der Waals surface area contributed by atoms with Crippen molar-refractivity contribution < 1.29 is 0 Å². The van der Waals surface area contributed by atoms with Crippen molar-refractivity contribution in [2.75, 3.05) is 0 Å². The van der Waals surface area contributed by atoms with Crippen LogP contribution in [-0.4, -0.2) is 63.5 Å². The van der Waals surface area contributed by atoms with Crippen LogP contribution in [0.15, 0.2) is 390 Å². The topological polar surface area (TPSA) is 144 Å². The van der Waals surface area contributed by atoms with Gasteiger partial charge >= 0.3 is 0 Å². The van der Waals surface area contributed by atoms with Crippen molar-refractivity contribution in [3.63, 3.8) is 0 Å². The van der Waals surface area contributed by atoms with Gasteiger partial charge < -0.3 is 13.7 Å². The van der Waals surface area contributed by atoms with Gasteiger partial charge in [-0.3, -0.25) is 15.0 Å². The van der Waals surface area contributed by atoms with Crippen molar-refractivity contribution in [3.8, 4) is 119 Å². The Labute approximate surface area is 680 Å². The Hall–Kier alpha value is -13.9. The van der Waals surface area contributed by atoms with Crippen LogP contribution in [0, 0.1) is 0 Å². The molecular weight excluding hydrogens is 1600 g/mol. The number of pyridine rings is 3. The third-order valence-electron chi connectivity index (χ3n) is 20.0. The lowest BCUT2D eigenvalue weighted by atomic mass is 10.1. The van der Waals surface area contributed by atoms with E-state index in [1.807, 2.05) is 195 Å². The van der Waals surface area contributed by atoms with Crippen molar-refractivity contribution in [3.05, 3.63) is 390 Å². The summed E-state index contributed by atoms with van der Waals surface area (Å²) < 4.78 is 9.83. The van der Waals surface area contributed by atoms with E-state index in [0.717, 1.165) is 169 Å². The summed E-state index contributed by atoms with van der Waals surface area (Å²) in [6.07, 6.45) is 5.53. The fourth-order valence-corrected chi connectivity index (χ4v) is 15.8. The van der Waals surface area contributed by atoms with Crippen LogP contribution in [0.2, 0.25) is 0 Å². The molecule has 0 N–H and O–H groups in total. The van der Waals surface area contributed by atoms with Crippen LogP contribution >= 0.6 is 47.8 Å². The summed E-state index contributed by atoms with van der Waals surface area (Å²) >= 11 is 11.0. The highest BCUT2D eigenvalue weighted by Gasteiger charge is 2.21. The van der Waals surface area contributed by atoms with Gasteiger partial charge in [0.2, 0.25) is 0 Å². The van der Waals surface area contributed by atoms with Crippen LogP contribution in [0.25, 0.3) is 185 Å². The Morgan fingerprint density at radius 3 is 0.763 bits per heavy atom. The lowest BCUT2D eigenvalue weighted by Crippen LogP contribution is -2.01. The highest BCUT2D eigenvalue weighted by molar-refractivity contribution is 9.11. The summed E-state index contributed by atoms with van der Waals surface area (Å²) in [5, 5.41) is 3.34. The molecule has 21 aromatic rings.